The normalized spacial score (nSPS) is 11.3. The van der Waals surface area contributed by atoms with Gasteiger partial charge < -0.3 is 14.8 Å². The molecule has 0 saturated carbocycles. The molecule has 0 spiro atoms. The number of benzene rings is 1. The molecule has 0 aliphatic heterocycles. The summed E-state index contributed by atoms with van der Waals surface area (Å²) < 4.78 is 35.7. The second-order valence-electron chi connectivity index (χ2n) is 5.28. The van der Waals surface area contributed by atoms with E-state index in [1.165, 1.54) is 26.4 Å². The van der Waals surface area contributed by atoms with Crippen molar-refractivity contribution >= 4 is 21.6 Å². The highest BCUT2D eigenvalue weighted by Gasteiger charge is 2.25. The Morgan fingerprint density at radius 2 is 1.74 bits per heavy atom. The Balaban J connectivity index is 3.60. The Labute approximate surface area is 137 Å². The number of sulfonamides is 1. The molecule has 1 aromatic carbocycles. The molecule has 0 atom stereocenters. The molecule has 0 radical (unpaired) electrons. The molecule has 0 aliphatic rings. The van der Waals surface area contributed by atoms with E-state index in [0.717, 1.165) is 10.6 Å². The Kier molecular flexibility index (Phi) is 6.26. The smallest absolute Gasteiger partial charge is 0.253 e. The van der Waals surface area contributed by atoms with E-state index in [0.29, 0.717) is 11.5 Å². The van der Waals surface area contributed by atoms with Gasteiger partial charge in [0.05, 0.1) is 31.7 Å². The third-order valence-electron chi connectivity index (χ3n) is 3.12. The first-order valence-electron chi connectivity index (χ1n) is 7.20. The maximum atomic E-state index is 12.5. The van der Waals surface area contributed by atoms with Gasteiger partial charge in [-0.25, -0.2) is 8.42 Å². The fourth-order valence-corrected chi connectivity index (χ4v) is 3.16. The monoisotopic (exact) mass is 344 g/mol. The molecule has 1 N–H and O–H groups in total. The van der Waals surface area contributed by atoms with Crippen molar-refractivity contribution in [3.8, 4) is 11.5 Å². The molecule has 1 amide bonds. The largest absolute Gasteiger partial charge is 0.493 e. The van der Waals surface area contributed by atoms with Crippen LogP contribution in [0, 0.1) is 0 Å². The summed E-state index contributed by atoms with van der Waals surface area (Å²) in [4.78, 5) is 12.5. The van der Waals surface area contributed by atoms with E-state index < -0.39 is 10.0 Å². The van der Waals surface area contributed by atoms with Gasteiger partial charge >= 0.3 is 0 Å². The highest BCUT2D eigenvalue weighted by Crippen LogP contribution is 2.36. The van der Waals surface area contributed by atoms with E-state index in [1.54, 1.807) is 6.92 Å². The summed E-state index contributed by atoms with van der Waals surface area (Å²) in [5.41, 5.74) is 0.467. The van der Waals surface area contributed by atoms with Crippen molar-refractivity contribution < 1.29 is 22.7 Å². The molecule has 0 unspecified atom stereocenters. The molecule has 1 rings (SSSR count). The number of ether oxygens (including phenoxy) is 2. The maximum absolute atomic E-state index is 12.5. The van der Waals surface area contributed by atoms with Crippen LogP contribution in [0.2, 0.25) is 0 Å². The third-order valence-corrected chi connectivity index (χ3v) is 4.38. The molecule has 0 aromatic heterocycles. The summed E-state index contributed by atoms with van der Waals surface area (Å²) in [5.74, 6) is 0.332. The van der Waals surface area contributed by atoms with Crippen LogP contribution < -0.4 is 19.1 Å². The maximum Gasteiger partial charge on any atom is 0.253 e. The molecule has 0 heterocycles. The lowest BCUT2D eigenvalue weighted by Gasteiger charge is -2.25. The summed E-state index contributed by atoms with van der Waals surface area (Å²) in [6, 6.07) is 2.90. The lowest BCUT2D eigenvalue weighted by molar-refractivity contribution is 0.0943. The number of nitrogens with zero attached hydrogens (tertiary/aromatic N) is 1. The van der Waals surface area contributed by atoms with Gasteiger partial charge in [-0.3, -0.25) is 9.10 Å². The summed E-state index contributed by atoms with van der Waals surface area (Å²) in [5, 5.41) is 2.76. The van der Waals surface area contributed by atoms with Crippen molar-refractivity contribution in [2.75, 3.05) is 31.3 Å². The molecule has 8 heteroatoms. The fourth-order valence-electron chi connectivity index (χ4n) is 2.18. The standard InChI is InChI=1S/C15H24N2O5S/c1-7-17(23(6,19)20)12-9-14(22-5)13(21-4)8-11(12)15(18)16-10(2)3/h8-10H,7H2,1-6H3,(H,16,18). The van der Waals surface area contributed by atoms with Gasteiger partial charge in [0.2, 0.25) is 10.0 Å². The highest BCUT2D eigenvalue weighted by molar-refractivity contribution is 7.92. The van der Waals surface area contributed by atoms with Crippen LogP contribution in [0.5, 0.6) is 11.5 Å². The van der Waals surface area contributed by atoms with Crippen molar-refractivity contribution in [1.82, 2.24) is 5.32 Å². The molecule has 7 nitrogen and oxygen atoms in total. The average molecular weight is 344 g/mol. The Morgan fingerprint density at radius 3 is 2.13 bits per heavy atom. The number of rotatable bonds is 7. The van der Waals surface area contributed by atoms with Crippen LogP contribution in [0.3, 0.4) is 0 Å². The van der Waals surface area contributed by atoms with Gasteiger partial charge in [0.1, 0.15) is 0 Å². The molecule has 0 saturated heterocycles. The summed E-state index contributed by atoms with van der Waals surface area (Å²) in [6.45, 7) is 5.54. The van der Waals surface area contributed by atoms with Gasteiger partial charge in [0.25, 0.3) is 5.91 Å². The van der Waals surface area contributed by atoms with Gasteiger partial charge in [-0.15, -0.1) is 0 Å². The van der Waals surface area contributed by atoms with E-state index >= 15 is 0 Å². The quantitative estimate of drug-likeness (QED) is 0.812. The zero-order chi connectivity index (χ0) is 17.8. The number of carbonyl (C=O) groups is 1. The molecular formula is C15H24N2O5S. The zero-order valence-electron chi connectivity index (χ0n) is 14.3. The van der Waals surface area contributed by atoms with E-state index in [4.69, 9.17) is 9.47 Å². The van der Waals surface area contributed by atoms with Crippen LogP contribution in [-0.4, -0.2) is 47.4 Å². The minimum absolute atomic E-state index is 0.0863. The van der Waals surface area contributed by atoms with Crippen LogP contribution in [0.25, 0.3) is 0 Å². The van der Waals surface area contributed by atoms with E-state index in [1.807, 2.05) is 13.8 Å². The minimum atomic E-state index is -3.54. The second-order valence-corrected chi connectivity index (χ2v) is 7.19. The predicted octanol–water partition coefficient (Wildman–Crippen LogP) is 1.63. The number of amides is 1. The Morgan fingerprint density at radius 1 is 1.22 bits per heavy atom. The molecule has 23 heavy (non-hydrogen) atoms. The number of carbonyl (C=O) groups excluding carboxylic acids is 1. The van der Waals surface area contributed by atoms with Gasteiger partial charge in [-0.1, -0.05) is 0 Å². The first-order valence-corrected chi connectivity index (χ1v) is 9.05. The van der Waals surface area contributed by atoms with Crippen molar-refractivity contribution in [1.29, 1.82) is 0 Å². The van der Waals surface area contributed by atoms with Gasteiger partial charge in [0.15, 0.2) is 11.5 Å². The minimum Gasteiger partial charge on any atom is -0.493 e. The zero-order valence-corrected chi connectivity index (χ0v) is 15.2. The SMILES string of the molecule is CCN(c1cc(OC)c(OC)cc1C(=O)NC(C)C)S(C)(=O)=O. The molecule has 130 valence electrons. The third kappa shape index (κ3) is 4.51. The molecule has 0 fully saturated rings. The van der Waals surface area contributed by atoms with E-state index in [9.17, 15) is 13.2 Å². The number of methoxy groups -OCH3 is 2. The van der Waals surface area contributed by atoms with Crippen LogP contribution >= 0.6 is 0 Å². The van der Waals surface area contributed by atoms with Crippen molar-refractivity contribution in [3.63, 3.8) is 0 Å². The van der Waals surface area contributed by atoms with Crippen LogP contribution in [-0.2, 0) is 10.0 Å². The molecule has 1 aromatic rings. The first-order chi connectivity index (χ1) is 10.6. The number of nitrogens with one attached hydrogen (secondary N) is 1. The molecule has 0 bridgehead atoms. The first kappa shape index (κ1) is 19.1. The van der Waals surface area contributed by atoms with Gasteiger partial charge in [-0.2, -0.15) is 0 Å². The Bertz CT molecular complexity index is 671. The summed E-state index contributed by atoms with van der Waals surface area (Å²) in [6.07, 6.45) is 1.09. The molecular weight excluding hydrogens is 320 g/mol. The molecule has 0 aliphatic carbocycles. The number of anilines is 1. The Hall–Kier alpha value is -1.96. The lowest BCUT2D eigenvalue weighted by atomic mass is 10.1. The lowest BCUT2D eigenvalue weighted by Crippen LogP contribution is -2.35. The highest BCUT2D eigenvalue weighted by atomic mass is 32.2. The van der Waals surface area contributed by atoms with Crippen LogP contribution in [0.1, 0.15) is 31.1 Å². The van der Waals surface area contributed by atoms with Crippen LogP contribution in [0.4, 0.5) is 5.69 Å². The second kappa shape index (κ2) is 7.54. The van der Waals surface area contributed by atoms with Crippen molar-refractivity contribution in [3.05, 3.63) is 17.7 Å². The predicted molar refractivity (Wildman–Crippen MR) is 90.0 cm³/mol. The van der Waals surface area contributed by atoms with E-state index in [2.05, 4.69) is 5.32 Å². The van der Waals surface area contributed by atoms with E-state index in [-0.39, 0.29) is 29.7 Å². The van der Waals surface area contributed by atoms with Crippen LogP contribution in [0.15, 0.2) is 12.1 Å². The van der Waals surface area contributed by atoms with Gasteiger partial charge in [-0.05, 0) is 26.8 Å². The topological polar surface area (TPSA) is 84.9 Å². The summed E-state index contributed by atoms with van der Waals surface area (Å²) >= 11 is 0. The van der Waals surface area contributed by atoms with Crippen molar-refractivity contribution in [2.45, 2.75) is 26.8 Å². The van der Waals surface area contributed by atoms with Gasteiger partial charge in [0, 0.05) is 18.7 Å². The number of hydrogen-bond acceptors (Lipinski definition) is 5. The number of hydrogen-bond donors (Lipinski definition) is 1. The van der Waals surface area contributed by atoms with Crippen molar-refractivity contribution in [2.24, 2.45) is 0 Å². The summed E-state index contributed by atoms with van der Waals surface area (Å²) in [7, 11) is -0.635. The fraction of sp³-hybridized carbons (Fsp3) is 0.533. The average Bonchev–Trinajstić information content (AvgIpc) is 2.44.